The van der Waals surface area contributed by atoms with Gasteiger partial charge in [0.1, 0.15) is 11.3 Å². The second-order valence-corrected chi connectivity index (χ2v) is 4.99. The molecule has 0 bridgehead atoms. The molecule has 19 heavy (non-hydrogen) atoms. The van der Waals surface area contributed by atoms with Crippen molar-refractivity contribution >= 4 is 11.7 Å². The minimum Gasteiger partial charge on any atom is -0.511 e. The van der Waals surface area contributed by atoms with Gasteiger partial charge in [0.25, 0.3) is 5.91 Å². The van der Waals surface area contributed by atoms with Crippen LogP contribution in [0.4, 0.5) is 0 Å². The first kappa shape index (κ1) is 13.3. The van der Waals surface area contributed by atoms with Crippen LogP contribution in [0.3, 0.4) is 0 Å². The van der Waals surface area contributed by atoms with Crippen molar-refractivity contribution in [1.29, 1.82) is 0 Å². The maximum Gasteiger partial charge on any atom is 0.259 e. The van der Waals surface area contributed by atoms with E-state index in [2.05, 4.69) is 5.32 Å². The van der Waals surface area contributed by atoms with Gasteiger partial charge in [0.2, 0.25) is 0 Å². The van der Waals surface area contributed by atoms with Crippen LogP contribution in [-0.2, 0) is 16.0 Å². The first-order valence-electron chi connectivity index (χ1n) is 6.33. The standard InChI is InChI=1S/C15H17NO3/c1-9(2)13(17)12-14(18)11(16-15(12)19)8-10-6-4-3-5-7-10/h3-7,9,11,17H,8H2,1-2H3,(H,16,19). The molecule has 0 radical (unpaired) electrons. The fourth-order valence-electron chi connectivity index (χ4n) is 2.11. The lowest BCUT2D eigenvalue weighted by molar-refractivity contribution is -0.117. The van der Waals surface area contributed by atoms with Gasteiger partial charge in [-0.15, -0.1) is 0 Å². The SMILES string of the molecule is CC(C)C(O)=C1C(=O)NC(Cc2ccccc2)C1=O. The zero-order valence-electron chi connectivity index (χ0n) is 11.0. The Hall–Kier alpha value is -2.10. The van der Waals surface area contributed by atoms with Crippen molar-refractivity contribution in [3.8, 4) is 0 Å². The zero-order valence-corrected chi connectivity index (χ0v) is 11.0. The van der Waals surface area contributed by atoms with E-state index in [1.807, 2.05) is 30.3 Å². The number of hydrogen-bond donors (Lipinski definition) is 2. The summed E-state index contributed by atoms with van der Waals surface area (Å²) < 4.78 is 0. The van der Waals surface area contributed by atoms with Crippen LogP contribution in [0.2, 0.25) is 0 Å². The molecule has 0 saturated carbocycles. The van der Waals surface area contributed by atoms with Crippen LogP contribution in [-0.4, -0.2) is 22.8 Å². The molecule has 1 heterocycles. The number of hydrogen-bond acceptors (Lipinski definition) is 3. The van der Waals surface area contributed by atoms with Gasteiger partial charge in [-0.25, -0.2) is 0 Å². The number of benzene rings is 1. The van der Waals surface area contributed by atoms with Crippen molar-refractivity contribution in [3.63, 3.8) is 0 Å². The lowest BCUT2D eigenvalue weighted by Gasteiger charge is -2.08. The molecule has 1 aliphatic rings. The predicted octanol–water partition coefficient (Wildman–Crippen LogP) is 1.76. The third-order valence-corrected chi connectivity index (χ3v) is 3.18. The van der Waals surface area contributed by atoms with Crippen LogP contribution in [0.25, 0.3) is 0 Å². The van der Waals surface area contributed by atoms with Gasteiger partial charge in [-0.05, 0) is 5.56 Å². The highest BCUT2D eigenvalue weighted by molar-refractivity contribution is 6.26. The number of amides is 1. The van der Waals surface area contributed by atoms with E-state index in [-0.39, 0.29) is 23.0 Å². The normalized spacial score (nSPS) is 21.7. The molecule has 0 spiro atoms. The summed E-state index contributed by atoms with van der Waals surface area (Å²) in [6.45, 7) is 3.49. The van der Waals surface area contributed by atoms with Gasteiger partial charge >= 0.3 is 0 Å². The van der Waals surface area contributed by atoms with Gasteiger partial charge in [-0.3, -0.25) is 9.59 Å². The Morgan fingerprint density at radius 3 is 2.47 bits per heavy atom. The third-order valence-electron chi connectivity index (χ3n) is 3.18. The quantitative estimate of drug-likeness (QED) is 0.494. The van der Waals surface area contributed by atoms with E-state index in [1.165, 1.54) is 0 Å². The Morgan fingerprint density at radius 2 is 1.89 bits per heavy atom. The maximum atomic E-state index is 12.2. The summed E-state index contributed by atoms with van der Waals surface area (Å²) in [5.41, 5.74) is 0.891. The Balaban J connectivity index is 2.22. The van der Waals surface area contributed by atoms with E-state index in [4.69, 9.17) is 0 Å². The van der Waals surface area contributed by atoms with Crippen molar-refractivity contribution < 1.29 is 14.7 Å². The summed E-state index contributed by atoms with van der Waals surface area (Å²) in [5, 5.41) is 12.5. The summed E-state index contributed by atoms with van der Waals surface area (Å²) in [5.74, 6) is -1.16. The summed E-state index contributed by atoms with van der Waals surface area (Å²) in [4.78, 5) is 23.9. The molecular weight excluding hydrogens is 242 g/mol. The molecule has 0 aliphatic carbocycles. The van der Waals surface area contributed by atoms with Gasteiger partial charge in [0, 0.05) is 12.3 Å². The monoisotopic (exact) mass is 259 g/mol. The fraction of sp³-hybridized carbons (Fsp3) is 0.333. The minimum absolute atomic E-state index is 0.0871. The van der Waals surface area contributed by atoms with Gasteiger partial charge in [-0.2, -0.15) is 0 Å². The van der Waals surface area contributed by atoms with Crippen LogP contribution in [0, 0.1) is 5.92 Å². The Morgan fingerprint density at radius 1 is 1.26 bits per heavy atom. The van der Waals surface area contributed by atoms with Crippen molar-refractivity contribution in [2.45, 2.75) is 26.3 Å². The number of aliphatic hydroxyl groups is 1. The van der Waals surface area contributed by atoms with E-state index in [0.717, 1.165) is 5.56 Å². The second kappa shape index (κ2) is 5.26. The molecule has 1 aromatic rings. The summed E-state index contributed by atoms with van der Waals surface area (Å²) in [6, 6.07) is 8.91. The summed E-state index contributed by atoms with van der Waals surface area (Å²) in [7, 11) is 0. The molecule has 2 N–H and O–H groups in total. The molecule has 1 saturated heterocycles. The molecule has 1 amide bonds. The minimum atomic E-state index is -0.578. The Bertz CT molecular complexity index is 532. The lowest BCUT2D eigenvalue weighted by atomic mass is 9.99. The number of Topliss-reactive ketones (excluding diaryl/α,β-unsaturated/α-hetero) is 1. The predicted molar refractivity (Wildman–Crippen MR) is 71.6 cm³/mol. The largest absolute Gasteiger partial charge is 0.511 e. The fourth-order valence-corrected chi connectivity index (χ4v) is 2.11. The van der Waals surface area contributed by atoms with Crippen molar-refractivity contribution in [1.82, 2.24) is 5.32 Å². The molecular formula is C15H17NO3. The van der Waals surface area contributed by atoms with Crippen LogP contribution in [0.1, 0.15) is 19.4 Å². The number of allylic oxidation sites excluding steroid dienone is 1. The van der Waals surface area contributed by atoms with Crippen molar-refractivity contribution in [2.75, 3.05) is 0 Å². The number of carbonyl (C=O) groups is 2. The van der Waals surface area contributed by atoms with Crippen LogP contribution >= 0.6 is 0 Å². The van der Waals surface area contributed by atoms with E-state index in [9.17, 15) is 14.7 Å². The Kier molecular flexibility index (Phi) is 3.69. The maximum absolute atomic E-state index is 12.2. The van der Waals surface area contributed by atoms with Gasteiger partial charge < -0.3 is 10.4 Å². The van der Waals surface area contributed by atoms with E-state index < -0.39 is 11.9 Å². The molecule has 1 atom stereocenters. The number of ketones is 1. The number of aliphatic hydroxyl groups excluding tert-OH is 1. The number of nitrogens with one attached hydrogen (secondary N) is 1. The molecule has 0 aromatic heterocycles. The Labute approximate surface area is 112 Å². The highest BCUT2D eigenvalue weighted by atomic mass is 16.3. The second-order valence-electron chi connectivity index (χ2n) is 4.99. The smallest absolute Gasteiger partial charge is 0.259 e. The van der Waals surface area contributed by atoms with Gasteiger partial charge in [0.05, 0.1) is 6.04 Å². The number of carbonyl (C=O) groups excluding carboxylic acids is 2. The zero-order chi connectivity index (χ0) is 14.0. The van der Waals surface area contributed by atoms with E-state index >= 15 is 0 Å². The molecule has 1 aromatic carbocycles. The first-order valence-corrected chi connectivity index (χ1v) is 6.33. The highest BCUT2D eigenvalue weighted by Gasteiger charge is 2.38. The lowest BCUT2D eigenvalue weighted by Crippen LogP contribution is -2.31. The molecule has 1 aliphatic heterocycles. The number of rotatable bonds is 3. The summed E-state index contributed by atoms with van der Waals surface area (Å²) in [6.07, 6.45) is 0.445. The van der Waals surface area contributed by atoms with Crippen molar-refractivity contribution in [3.05, 3.63) is 47.2 Å². The van der Waals surface area contributed by atoms with Crippen molar-refractivity contribution in [2.24, 2.45) is 5.92 Å². The highest BCUT2D eigenvalue weighted by Crippen LogP contribution is 2.20. The van der Waals surface area contributed by atoms with Gasteiger partial charge in [0.15, 0.2) is 5.78 Å². The average Bonchev–Trinajstić information content (AvgIpc) is 2.65. The third kappa shape index (κ3) is 2.67. The molecule has 4 nitrogen and oxygen atoms in total. The van der Waals surface area contributed by atoms with Crippen LogP contribution in [0.5, 0.6) is 0 Å². The molecule has 2 rings (SSSR count). The molecule has 1 unspecified atom stereocenters. The molecule has 100 valence electrons. The average molecular weight is 259 g/mol. The molecule has 1 fully saturated rings. The summed E-state index contributed by atoms with van der Waals surface area (Å²) >= 11 is 0. The van der Waals surface area contributed by atoms with Crippen LogP contribution in [0.15, 0.2) is 41.7 Å². The first-order chi connectivity index (χ1) is 9.00. The van der Waals surface area contributed by atoms with E-state index in [0.29, 0.717) is 6.42 Å². The molecule has 4 heteroatoms. The van der Waals surface area contributed by atoms with Crippen LogP contribution < -0.4 is 5.32 Å². The topological polar surface area (TPSA) is 66.4 Å². The van der Waals surface area contributed by atoms with Gasteiger partial charge in [-0.1, -0.05) is 44.2 Å². The van der Waals surface area contributed by atoms with E-state index in [1.54, 1.807) is 13.8 Å².